The zero-order valence-corrected chi connectivity index (χ0v) is 18.1. The number of urea groups is 1. The number of carbonyl (C=O) groups is 2. The molecular weight excluding hydrogens is 562 g/mol. The minimum atomic E-state index is -0.551. The molecule has 0 bridgehead atoms. The van der Waals surface area contributed by atoms with Crippen molar-refractivity contribution in [1.82, 2.24) is 10.6 Å². The summed E-state index contributed by atoms with van der Waals surface area (Å²) in [7, 11) is 0. The molecule has 1 unspecified atom stereocenters. The SMILES string of the molecule is CCc1cc(Oc2c(I)cc(CC3NC(=O)NC3=O)cc2I)ccc1O. The van der Waals surface area contributed by atoms with Crippen LogP contribution in [0.1, 0.15) is 18.1 Å². The summed E-state index contributed by atoms with van der Waals surface area (Å²) in [5.74, 6) is 1.33. The Morgan fingerprint density at radius 1 is 1.15 bits per heavy atom. The second kappa shape index (κ2) is 7.99. The van der Waals surface area contributed by atoms with E-state index in [1.807, 2.05) is 25.1 Å². The highest BCUT2D eigenvalue weighted by molar-refractivity contribution is 14.1. The van der Waals surface area contributed by atoms with E-state index in [0.29, 0.717) is 18.6 Å². The number of carbonyl (C=O) groups excluding carboxylic acids is 2. The number of benzene rings is 2. The maximum absolute atomic E-state index is 11.7. The number of hydrogen-bond donors (Lipinski definition) is 3. The van der Waals surface area contributed by atoms with Crippen LogP contribution in [0.4, 0.5) is 4.79 Å². The summed E-state index contributed by atoms with van der Waals surface area (Å²) in [4.78, 5) is 22.9. The van der Waals surface area contributed by atoms with Gasteiger partial charge in [0.15, 0.2) is 5.75 Å². The van der Waals surface area contributed by atoms with Crippen molar-refractivity contribution in [2.75, 3.05) is 0 Å². The lowest BCUT2D eigenvalue weighted by Crippen LogP contribution is -2.31. The predicted octanol–water partition coefficient (Wildman–Crippen LogP) is 3.71. The van der Waals surface area contributed by atoms with Gasteiger partial charge in [-0.3, -0.25) is 10.1 Å². The van der Waals surface area contributed by atoms with Gasteiger partial charge in [0.25, 0.3) is 5.91 Å². The molecule has 6 nitrogen and oxygen atoms in total. The highest BCUT2D eigenvalue weighted by atomic mass is 127. The van der Waals surface area contributed by atoms with Gasteiger partial charge in [0.2, 0.25) is 0 Å². The van der Waals surface area contributed by atoms with Crippen molar-refractivity contribution in [2.45, 2.75) is 25.8 Å². The van der Waals surface area contributed by atoms with E-state index >= 15 is 0 Å². The molecule has 0 radical (unpaired) electrons. The quantitative estimate of drug-likeness (QED) is 0.373. The van der Waals surface area contributed by atoms with E-state index in [2.05, 4.69) is 55.8 Å². The summed E-state index contributed by atoms with van der Waals surface area (Å²) in [6.45, 7) is 1.97. The molecule has 8 heteroatoms. The van der Waals surface area contributed by atoms with E-state index in [4.69, 9.17) is 4.74 Å². The minimum absolute atomic E-state index is 0.261. The largest absolute Gasteiger partial charge is 0.508 e. The van der Waals surface area contributed by atoms with Gasteiger partial charge in [-0.25, -0.2) is 4.79 Å². The molecule has 3 N–H and O–H groups in total. The van der Waals surface area contributed by atoms with Crippen LogP contribution in [-0.2, 0) is 17.6 Å². The second-order valence-electron chi connectivity index (χ2n) is 5.85. The van der Waals surface area contributed by atoms with Gasteiger partial charge >= 0.3 is 6.03 Å². The van der Waals surface area contributed by atoms with E-state index in [1.54, 1.807) is 12.1 Å². The number of amides is 3. The van der Waals surface area contributed by atoms with Crippen molar-refractivity contribution in [3.05, 3.63) is 48.6 Å². The van der Waals surface area contributed by atoms with Gasteiger partial charge in [0, 0.05) is 6.42 Å². The van der Waals surface area contributed by atoms with Crippen LogP contribution in [0.15, 0.2) is 30.3 Å². The van der Waals surface area contributed by atoms with E-state index in [1.165, 1.54) is 0 Å². The second-order valence-corrected chi connectivity index (χ2v) is 8.18. The van der Waals surface area contributed by atoms with E-state index < -0.39 is 12.1 Å². The molecule has 0 aliphatic carbocycles. The molecule has 1 atom stereocenters. The van der Waals surface area contributed by atoms with Gasteiger partial charge in [0.1, 0.15) is 17.5 Å². The minimum Gasteiger partial charge on any atom is -0.508 e. The van der Waals surface area contributed by atoms with Crippen molar-refractivity contribution in [1.29, 1.82) is 0 Å². The molecule has 1 fully saturated rings. The van der Waals surface area contributed by atoms with Crippen molar-refractivity contribution in [2.24, 2.45) is 0 Å². The fourth-order valence-electron chi connectivity index (χ4n) is 2.69. The number of nitrogens with one attached hydrogen (secondary N) is 2. The third kappa shape index (κ3) is 4.22. The number of rotatable bonds is 5. The van der Waals surface area contributed by atoms with Crippen LogP contribution in [0, 0.1) is 7.14 Å². The van der Waals surface area contributed by atoms with Crippen LogP contribution >= 0.6 is 45.2 Å². The van der Waals surface area contributed by atoms with Crippen molar-refractivity contribution < 1.29 is 19.4 Å². The molecule has 0 aromatic heterocycles. The molecule has 2 aromatic carbocycles. The fourth-order valence-corrected chi connectivity index (χ4v) is 4.81. The van der Waals surface area contributed by atoms with Crippen molar-refractivity contribution >= 4 is 57.1 Å². The average Bonchev–Trinajstić information content (AvgIpc) is 2.89. The Morgan fingerprint density at radius 3 is 2.42 bits per heavy atom. The van der Waals surface area contributed by atoms with Gasteiger partial charge in [-0.15, -0.1) is 0 Å². The summed E-state index contributed by atoms with van der Waals surface area (Å²) >= 11 is 4.38. The predicted molar refractivity (Wildman–Crippen MR) is 114 cm³/mol. The third-order valence-corrected chi connectivity index (χ3v) is 5.61. The number of phenolic OH excluding ortho intramolecular Hbond substituents is 1. The van der Waals surface area contributed by atoms with Crippen molar-refractivity contribution in [3.8, 4) is 17.2 Å². The lowest BCUT2D eigenvalue weighted by atomic mass is 10.1. The normalized spacial score (nSPS) is 16.3. The number of hydrogen-bond acceptors (Lipinski definition) is 4. The Bertz CT molecular complexity index is 862. The van der Waals surface area contributed by atoms with Gasteiger partial charge in [-0.2, -0.15) is 0 Å². The van der Waals surface area contributed by atoms with Crippen LogP contribution in [-0.4, -0.2) is 23.1 Å². The third-order valence-electron chi connectivity index (χ3n) is 4.01. The number of ether oxygens (including phenoxy) is 1. The van der Waals surface area contributed by atoms with Crippen LogP contribution in [0.5, 0.6) is 17.2 Å². The Labute approximate surface area is 178 Å². The molecule has 2 aromatic rings. The number of halogens is 2. The maximum atomic E-state index is 11.7. The number of aryl methyl sites for hydroxylation is 1. The summed E-state index contributed by atoms with van der Waals surface area (Å²) in [5.41, 5.74) is 1.76. The molecule has 1 saturated heterocycles. The zero-order chi connectivity index (χ0) is 18.8. The summed E-state index contributed by atoms with van der Waals surface area (Å²) in [5, 5.41) is 14.6. The van der Waals surface area contributed by atoms with Crippen LogP contribution in [0.3, 0.4) is 0 Å². The maximum Gasteiger partial charge on any atom is 0.322 e. The lowest BCUT2D eigenvalue weighted by Gasteiger charge is -2.14. The van der Waals surface area contributed by atoms with E-state index in [9.17, 15) is 14.7 Å². The molecule has 1 aliphatic heterocycles. The van der Waals surface area contributed by atoms with E-state index in [0.717, 1.165) is 24.0 Å². The molecule has 1 aliphatic rings. The first-order valence-electron chi connectivity index (χ1n) is 7.96. The topological polar surface area (TPSA) is 87.7 Å². The Balaban J connectivity index is 1.81. The first-order chi connectivity index (χ1) is 12.4. The van der Waals surface area contributed by atoms with Crippen molar-refractivity contribution in [3.63, 3.8) is 0 Å². The average molecular weight is 578 g/mol. The standard InChI is InChI=1S/C18H16I2N2O4/c1-2-10-8-11(3-4-15(10)23)26-16-12(19)5-9(6-13(16)20)7-14-17(24)22-18(25)21-14/h3-6,8,14,23H,2,7H2,1H3,(H2,21,22,24,25). The molecule has 1 heterocycles. The molecule has 0 spiro atoms. The number of imide groups is 1. The van der Waals surface area contributed by atoms with Gasteiger partial charge < -0.3 is 15.2 Å². The molecule has 3 amide bonds. The molecule has 136 valence electrons. The monoisotopic (exact) mass is 578 g/mol. The first-order valence-corrected chi connectivity index (χ1v) is 10.1. The van der Waals surface area contributed by atoms with Crippen LogP contribution < -0.4 is 15.4 Å². The Hall–Kier alpha value is -1.56. The fraction of sp³-hybridized carbons (Fsp3) is 0.222. The Morgan fingerprint density at radius 2 is 1.85 bits per heavy atom. The van der Waals surface area contributed by atoms with Gasteiger partial charge in [0.05, 0.1) is 7.14 Å². The molecular formula is C18H16I2N2O4. The number of phenols is 1. The Kier molecular flexibility index (Phi) is 5.90. The highest BCUT2D eigenvalue weighted by Gasteiger charge is 2.29. The zero-order valence-electron chi connectivity index (χ0n) is 13.8. The lowest BCUT2D eigenvalue weighted by molar-refractivity contribution is -0.120. The van der Waals surface area contributed by atoms with Crippen LogP contribution in [0.2, 0.25) is 0 Å². The molecule has 26 heavy (non-hydrogen) atoms. The molecule has 0 saturated carbocycles. The van der Waals surface area contributed by atoms with Crippen LogP contribution in [0.25, 0.3) is 0 Å². The van der Waals surface area contributed by atoms with Gasteiger partial charge in [-0.1, -0.05) is 6.92 Å². The summed E-state index contributed by atoms with van der Waals surface area (Å²) in [6.07, 6.45) is 1.13. The van der Waals surface area contributed by atoms with Gasteiger partial charge in [-0.05, 0) is 93.1 Å². The summed E-state index contributed by atoms with van der Waals surface area (Å²) < 4.78 is 7.83. The molecule has 3 rings (SSSR count). The van der Waals surface area contributed by atoms with E-state index in [-0.39, 0.29) is 11.7 Å². The highest BCUT2D eigenvalue weighted by Crippen LogP contribution is 2.34. The summed E-state index contributed by atoms with van der Waals surface area (Å²) in [6, 6.07) is 8.06. The first kappa shape index (κ1) is 19.2. The smallest absolute Gasteiger partial charge is 0.322 e. The number of aromatic hydroxyl groups is 1.